The van der Waals surface area contributed by atoms with Crippen LogP contribution in [0.5, 0.6) is 0 Å². The summed E-state index contributed by atoms with van der Waals surface area (Å²) in [5, 5.41) is 4.35. The van der Waals surface area contributed by atoms with Gasteiger partial charge >= 0.3 is 0 Å². The Kier molecular flexibility index (Phi) is 3.45. The highest BCUT2D eigenvalue weighted by atomic mass is 16.2. The molecule has 0 radical (unpaired) electrons. The molecule has 1 aliphatic carbocycles. The van der Waals surface area contributed by atoms with Gasteiger partial charge in [0.05, 0.1) is 12.0 Å². The number of amides is 1. The fraction of sp³-hybridized carbons (Fsp3) is 0.444. The van der Waals surface area contributed by atoms with Crippen LogP contribution in [0.3, 0.4) is 0 Å². The van der Waals surface area contributed by atoms with Crippen LogP contribution in [0.4, 0.5) is 0 Å². The second-order valence-electron chi connectivity index (χ2n) is 6.36. The molecule has 1 aromatic carbocycles. The lowest BCUT2D eigenvalue weighted by Gasteiger charge is -2.34. The summed E-state index contributed by atoms with van der Waals surface area (Å²) < 4.78 is 2.00. The SMILES string of the molecule is O=C([C@H]1CCc2ccccc21)N1CCC[C@H](n2cccn2)C1. The number of hydrogen-bond donors (Lipinski definition) is 0. The number of piperidine rings is 1. The van der Waals surface area contributed by atoms with Crippen molar-refractivity contribution in [2.75, 3.05) is 13.1 Å². The summed E-state index contributed by atoms with van der Waals surface area (Å²) in [5.41, 5.74) is 2.59. The predicted octanol–water partition coefficient (Wildman–Crippen LogP) is 2.78. The molecule has 4 rings (SSSR count). The number of aryl methyl sites for hydroxylation is 1. The molecule has 1 aromatic heterocycles. The highest BCUT2D eigenvalue weighted by molar-refractivity contribution is 5.85. The molecule has 0 unspecified atom stereocenters. The van der Waals surface area contributed by atoms with Crippen molar-refractivity contribution in [2.45, 2.75) is 37.6 Å². The summed E-state index contributed by atoms with van der Waals surface area (Å²) in [5.74, 6) is 0.370. The zero-order valence-electron chi connectivity index (χ0n) is 12.7. The van der Waals surface area contributed by atoms with Crippen LogP contribution >= 0.6 is 0 Å². The maximum Gasteiger partial charge on any atom is 0.230 e. The van der Waals surface area contributed by atoms with Crippen LogP contribution in [-0.2, 0) is 11.2 Å². The molecule has 1 fully saturated rings. The van der Waals surface area contributed by atoms with Gasteiger partial charge in [-0.2, -0.15) is 5.10 Å². The van der Waals surface area contributed by atoms with Crippen LogP contribution in [-0.4, -0.2) is 33.7 Å². The number of rotatable bonds is 2. The summed E-state index contributed by atoms with van der Waals surface area (Å²) in [7, 11) is 0. The molecular weight excluding hydrogens is 274 g/mol. The molecule has 2 aromatic rings. The summed E-state index contributed by atoms with van der Waals surface area (Å²) in [6, 6.07) is 10.7. The van der Waals surface area contributed by atoms with E-state index in [0.29, 0.717) is 11.9 Å². The highest BCUT2D eigenvalue weighted by Gasteiger charge is 2.34. The van der Waals surface area contributed by atoms with Crippen molar-refractivity contribution in [3.63, 3.8) is 0 Å². The average Bonchev–Trinajstić information content (AvgIpc) is 3.24. The van der Waals surface area contributed by atoms with E-state index in [1.165, 1.54) is 11.1 Å². The molecule has 4 nitrogen and oxygen atoms in total. The van der Waals surface area contributed by atoms with Gasteiger partial charge < -0.3 is 4.90 Å². The molecule has 22 heavy (non-hydrogen) atoms. The van der Waals surface area contributed by atoms with Crippen molar-refractivity contribution in [1.82, 2.24) is 14.7 Å². The van der Waals surface area contributed by atoms with Crippen LogP contribution < -0.4 is 0 Å². The standard InChI is InChI=1S/C18H21N3O/c22-18(17-9-8-14-5-1-2-7-16(14)17)20-11-3-6-15(13-20)21-12-4-10-19-21/h1-2,4-5,7,10,12,15,17H,3,6,8-9,11,13H2/t15-,17-/m0/s1. The maximum absolute atomic E-state index is 13.0. The minimum absolute atomic E-state index is 0.0626. The van der Waals surface area contributed by atoms with E-state index in [4.69, 9.17) is 0 Å². The zero-order chi connectivity index (χ0) is 14.9. The molecule has 0 spiro atoms. The first-order valence-electron chi connectivity index (χ1n) is 8.18. The normalized spacial score (nSPS) is 24.3. The number of carbonyl (C=O) groups excluding carboxylic acids is 1. The molecule has 2 aliphatic rings. The lowest BCUT2D eigenvalue weighted by atomic mass is 9.97. The largest absolute Gasteiger partial charge is 0.340 e. The van der Waals surface area contributed by atoms with E-state index in [1.807, 2.05) is 29.2 Å². The number of fused-ring (bicyclic) bond motifs is 1. The van der Waals surface area contributed by atoms with E-state index in [-0.39, 0.29) is 5.92 Å². The minimum Gasteiger partial charge on any atom is -0.340 e. The van der Waals surface area contributed by atoms with E-state index in [1.54, 1.807) is 0 Å². The first kappa shape index (κ1) is 13.6. The van der Waals surface area contributed by atoms with Gasteiger partial charge in [0.1, 0.15) is 0 Å². The summed E-state index contributed by atoms with van der Waals surface area (Å²) in [6.07, 6.45) is 7.97. The molecule has 0 bridgehead atoms. The Balaban J connectivity index is 1.51. The zero-order valence-corrected chi connectivity index (χ0v) is 12.7. The molecule has 0 N–H and O–H groups in total. The third-order valence-corrected chi connectivity index (χ3v) is 5.04. The van der Waals surface area contributed by atoms with Gasteiger partial charge in [-0.25, -0.2) is 0 Å². The number of carbonyl (C=O) groups is 1. The van der Waals surface area contributed by atoms with Crippen molar-refractivity contribution in [2.24, 2.45) is 0 Å². The number of likely N-dealkylation sites (tertiary alicyclic amines) is 1. The molecule has 4 heteroatoms. The van der Waals surface area contributed by atoms with Crippen molar-refractivity contribution in [1.29, 1.82) is 0 Å². The molecule has 1 saturated heterocycles. The summed E-state index contributed by atoms with van der Waals surface area (Å²) in [4.78, 5) is 15.0. The van der Waals surface area contributed by atoms with Crippen molar-refractivity contribution < 1.29 is 4.79 Å². The second kappa shape index (κ2) is 5.59. The molecule has 0 saturated carbocycles. The van der Waals surface area contributed by atoms with E-state index in [0.717, 1.165) is 38.8 Å². The fourth-order valence-electron chi connectivity index (χ4n) is 3.90. The quantitative estimate of drug-likeness (QED) is 0.854. The van der Waals surface area contributed by atoms with Crippen LogP contribution in [0.2, 0.25) is 0 Å². The van der Waals surface area contributed by atoms with Gasteiger partial charge in [-0.1, -0.05) is 24.3 Å². The Labute approximate surface area is 130 Å². The Hall–Kier alpha value is -2.10. The molecule has 1 amide bonds. The average molecular weight is 295 g/mol. The van der Waals surface area contributed by atoms with Crippen LogP contribution in [0.15, 0.2) is 42.7 Å². The first-order chi connectivity index (χ1) is 10.8. The van der Waals surface area contributed by atoms with E-state index in [2.05, 4.69) is 28.2 Å². The lowest BCUT2D eigenvalue weighted by Crippen LogP contribution is -2.42. The van der Waals surface area contributed by atoms with Crippen molar-refractivity contribution in [3.8, 4) is 0 Å². The smallest absolute Gasteiger partial charge is 0.230 e. The van der Waals surface area contributed by atoms with Gasteiger partial charge in [0.25, 0.3) is 0 Å². The van der Waals surface area contributed by atoms with Gasteiger partial charge in [-0.15, -0.1) is 0 Å². The molecule has 114 valence electrons. The molecular formula is C18H21N3O. The fourth-order valence-corrected chi connectivity index (χ4v) is 3.90. The van der Waals surface area contributed by atoms with Crippen molar-refractivity contribution >= 4 is 5.91 Å². The molecule has 2 heterocycles. The maximum atomic E-state index is 13.0. The topological polar surface area (TPSA) is 38.1 Å². The third kappa shape index (κ3) is 2.32. The Bertz CT molecular complexity index is 665. The number of benzene rings is 1. The summed E-state index contributed by atoms with van der Waals surface area (Å²) >= 11 is 0. The van der Waals surface area contributed by atoms with E-state index >= 15 is 0 Å². The second-order valence-corrected chi connectivity index (χ2v) is 6.36. The number of aromatic nitrogens is 2. The van der Waals surface area contributed by atoms with Gasteiger partial charge in [0.2, 0.25) is 5.91 Å². The van der Waals surface area contributed by atoms with Crippen LogP contribution in [0, 0.1) is 0 Å². The lowest BCUT2D eigenvalue weighted by molar-refractivity contribution is -0.134. The number of hydrogen-bond acceptors (Lipinski definition) is 2. The predicted molar refractivity (Wildman–Crippen MR) is 84.6 cm³/mol. The Morgan fingerprint density at radius 2 is 2.09 bits per heavy atom. The first-order valence-corrected chi connectivity index (χ1v) is 8.18. The van der Waals surface area contributed by atoms with E-state index in [9.17, 15) is 4.79 Å². The van der Waals surface area contributed by atoms with Gasteiger partial charge in [0, 0.05) is 25.5 Å². The molecule has 1 aliphatic heterocycles. The Morgan fingerprint density at radius 1 is 1.18 bits per heavy atom. The van der Waals surface area contributed by atoms with E-state index < -0.39 is 0 Å². The molecule has 2 atom stereocenters. The van der Waals surface area contributed by atoms with Gasteiger partial charge in [-0.05, 0) is 42.9 Å². The van der Waals surface area contributed by atoms with Crippen LogP contribution in [0.1, 0.15) is 42.3 Å². The van der Waals surface area contributed by atoms with Gasteiger partial charge in [-0.3, -0.25) is 9.48 Å². The number of nitrogens with zero attached hydrogens (tertiary/aromatic N) is 3. The monoisotopic (exact) mass is 295 g/mol. The minimum atomic E-state index is 0.0626. The Morgan fingerprint density at radius 3 is 2.95 bits per heavy atom. The highest BCUT2D eigenvalue weighted by Crippen LogP contribution is 2.35. The van der Waals surface area contributed by atoms with Crippen molar-refractivity contribution in [3.05, 3.63) is 53.9 Å². The van der Waals surface area contributed by atoms with Gasteiger partial charge in [0.15, 0.2) is 0 Å². The summed E-state index contributed by atoms with van der Waals surface area (Å²) in [6.45, 7) is 1.68. The third-order valence-electron chi connectivity index (χ3n) is 5.04. The van der Waals surface area contributed by atoms with Crippen LogP contribution in [0.25, 0.3) is 0 Å².